The summed E-state index contributed by atoms with van der Waals surface area (Å²) >= 11 is 0. The maximum atomic E-state index is 12.4. The van der Waals surface area contributed by atoms with Crippen molar-refractivity contribution in [2.24, 2.45) is 5.10 Å². The van der Waals surface area contributed by atoms with Crippen LogP contribution in [-0.2, 0) is 10.0 Å². The number of halogens is 3. The number of nitrogens with one attached hydrogen (secondary N) is 1. The molecule has 1 N–H and O–H groups in total. The molecule has 0 atom stereocenters. The molecule has 8 heteroatoms. The first-order valence-electron chi connectivity index (χ1n) is 5.39. The van der Waals surface area contributed by atoms with Crippen molar-refractivity contribution in [3.63, 3.8) is 0 Å². The highest BCUT2D eigenvalue weighted by Crippen LogP contribution is 2.19. The molecule has 0 aliphatic carbocycles. The Morgan fingerprint density at radius 1 is 1.26 bits per heavy atom. The Bertz CT molecular complexity index is 563. The maximum Gasteiger partial charge on any atom is 0.431 e. The monoisotopic (exact) mass is 294 g/mol. The minimum absolute atomic E-state index is 0.139. The Balaban J connectivity index is 2.98. The molecule has 1 rings (SSSR count). The normalized spacial score (nSPS) is 13.4. The molecule has 0 radical (unpaired) electrons. The molecule has 19 heavy (non-hydrogen) atoms. The van der Waals surface area contributed by atoms with Crippen LogP contribution >= 0.6 is 0 Å². The van der Waals surface area contributed by atoms with Crippen LogP contribution in [0.25, 0.3) is 0 Å². The van der Waals surface area contributed by atoms with Gasteiger partial charge in [-0.3, -0.25) is 0 Å². The number of hydrogen-bond donors (Lipinski definition) is 1. The van der Waals surface area contributed by atoms with Gasteiger partial charge in [0.2, 0.25) is 0 Å². The topological polar surface area (TPSA) is 58.5 Å². The maximum absolute atomic E-state index is 12.4. The Labute approximate surface area is 109 Å². The van der Waals surface area contributed by atoms with E-state index in [2.05, 4.69) is 5.10 Å². The predicted molar refractivity (Wildman–Crippen MR) is 65.3 cm³/mol. The van der Waals surface area contributed by atoms with Gasteiger partial charge >= 0.3 is 6.18 Å². The van der Waals surface area contributed by atoms with Crippen molar-refractivity contribution < 1.29 is 21.6 Å². The molecule has 1 aromatic rings. The van der Waals surface area contributed by atoms with Crippen molar-refractivity contribution >= 4 is 15.7 Å². The lowest BCUT2D eigenvalue weighted by Crippen LogP contribution is -2.27. The first-order valence-corrected chi connectivity index (χ1v) is 6.87. The van der Waals surface area contributed by atoms with Gasteiger partial charge < -0.3 is 0 Å². The van der Waals surface area contributed by atoms with Gasteiger partial charge in [-0.25, -0.2) is 0 Å². The second kappa shape index (κ2) is 5.60. The zero-order valence-corrected chi connectivity index (χ0v) is 11.1. The summed E-state index contributed by atoms with van der Waals surface area (Å²) in [5.41, 5.74) is -0.338. The fourth-order valence-electron chi connectivity index (χ4n) is 1.23. The van der Waals surface area contributed by atoms with Crippen LogP contribution in [-0.4, -0.2) is 20.3 Å². The van der Waals surface area contributed by atoms with E-state index < -0.39 is 28.3 Å². The lowest BCUT2D eigenvalue weighted by Gasteiger charge is -2.09. The quantitative estimate of drug-likeness (QED) is 0.685. The average molecular weight is 294 g/mol. The minimum atomic E-state index is -4.65. The summed E-state index contributed by atoms with van der Waals surface area (Å²) in [6, 6.07) is 5.68. The third-order valence-corrected chi connectivity index (χ3v) is 3.52. The van der Waals surface area contributed by atoms with E-state index >= 15 is 0 Å². The highest BCUT2D eigenvalue weighted by molar-refractivity contribution is 7.89. The van der Waals surface area contributed by atoms with Crippen LogP contribution < -0.4 is 4.83 Å². The smallest absolute Gasteiger partial charge is 0.200 e. The Morgan fingerprint density at radius 3 is 2.21 bits per heavy atom. The minimum Gasteiger partial charge on any atom is -0.200 e. The molecule has 1 aromatic carbocycles. The van der Waals surface area contributed by atoms with Gasteiger partial charge in [-0.15, -0.1) is 0 Å². The second-order valence-corrected chi connectivity index (χ2v) is 5.48. The number of alkyl halides is 3. The highest BCUT2D eigenvalue weighted by Gasteiger charge is 2.34. The zero-order chi connectivity index (χ0) is 14.7. The molecular weight excluding hydrogens is 281 g/mol. The molecule has 0 aliphatic heterocycles. The molecule has 0 aromatic heterocycles. The van der Waals surface area contributed by atoms with E-state index in [0.717, 1.165) is 5.56 Å². The van der Waals surface area contributed by atoms with Gasteiger partial charge in [0.15, 0.2) is 0 Å². The van der Waals surface area contributed by atoms with Gasteiger partial charge in [-0.1, -0.05) is 24.6 Å². The van der Waals surface area contributed by atoms with Crippen molar-refractivity contribution in [3.05, 3.63) is 29.8 Å². The van der Waals surface area contributed by atoms with E-state index in [0.29, 0.717) is 0 Å². The molecule has 0 saturated carbocycles. The lowest BCUT2D eigenvalue weighted by molar-refractivity contribution is -0.0605. The van der Waals surface area contributed by atoms with Gasteiger partial charge in [-0.05, 0) is 25.5 Å². The molecule has 0 spiro atoms. The predicted octanol–water partition coefficient (Wildman–Crippen LogP) is 2.60. The molecule has 0 unspecified atom stereocenters. The molecule has 0 amide bonds. The molecule has 4 nitrogen and oxygen atoms in total. The van der Waals surface area contributed by atoms with Gasteiger partial charge in [0.1, 0.15) is 5.71 Å². The van der Waals surface area contributed by atoms with E-state index in [1.54, 1.807) is 23.9 Å². The summed E-state index contributed by atoms with van der Waals surface area (Å²) in [5.74, 6) is 0. The van der Waals surface area contributed by atoms with Crippen LogP contribution in [0.15, 0.2) is 34.3 Å². The van der Waals surface area contributed by atoms with Gasteiger partial charge in [0.25, 0.3) is 10.0 Å². The van der Waals surface area contributed by atoms with Gasteiger partial charge in [0.05, 0.1) is 4.90 Å². The second-order valence-electron chi connectivity index (χ2n) is 3.82. The SMILES string of the molecule is CC/C(=N\NS(=O)(=O)c1ccc(C)cc1)C(F)(F)F. The Kier molecular flexibility index (Phi) is 4.56. The van der Waals surface area contributed by atoms with Crippen molar-refractivity contribution in [1.29, 1.82) is 0 Å². The number of hydrazone groups is 1. The number of benzene rings is 1. The molecule has 0 fully saturated rings. The summed E-state index contributed by atoms with van der Waals surface area (Å²) in [6.45, 7) is 3.01. The number of rotatable bonds is 4. The van der Waals surface area contributed by atoms with E-state index in [1.165, 1.54) is 19.1 Å². The molecule has 0 bridgehead atoms. The van der Waals surface area contributed by atoms with Crippen molar-refractivity contribution in [2.45, 2.75) is 31.3 Å². The number of aryl methyl sites for hydroxylation is 1. The van der Waals surface area contributed by atoms with E-state index in [1.807, 2.05) is 0 Å². The number of sulfonamides is 1. The fraction of sp³-hybridized carbons (Fsp3) is 0.364. The van der Waals surface area contributed by atoms with Gasteiger partial charge in [-0.2, -0.15) is 31.5 Å². The third-order valence-electron chi connectivity index (χ3n) is 2.29. The van der Waals surface area contributed by atoms with Crippen LogP contribution in [0.4, 0.5) is 13.2 Å². The highest BCUT2D eigenvalue weighted by atomic mass is 32.2. The summed E-state index contributed by atoms with van der Waals surface area (Å²) in [7, 11) is -4.08. The van der Waals surface area contributed by atoms with Crippen LogP contribution in [0.1, 0.15) is 18.9 Å². The first-order chi connectivity index (χ1) is 8.66. The molecular formula is C11H13F3N2O2S. The van der Waals surface area contributed by atoms with Crippen LogP contribution in [0.3, 0.4) is 0 Å². The number of nitrogens with zero attached hydrogens (tertiary/aromatic N) is 1. The van der Waals surface area contributed by atoms with Gasteiger partial charge in [0, 0.05) is 0 Å². The van der Waals surface area contributed by atoms with Crippen LogP contribution in [0, 0.1) is 6.92 Å². The first kappa shape index (κ1) is 15.5. The van der Waals surface area contributed by atoms with Crippen LogP contribution in [0.2, 0.25) is 0 Å². The Hall–Kier alpha value is -1.57. The molecule has 106 valence electrons. The summed E-state index contributed by atoms with van der Waals surface area (Å²) in [5, 5.41) is 2.94. The van der Waals surface area contributed by atoms with E-state index in [-0.39, 0.29) is 4.90 Å². The van der Waals surface area contributed by atoms with Crippen molar-refractivity contribution in [3.8, 4) is 0 Å². The fourth-order valence-corrected chi connectivity index (χ4v) is 2.06. The van der Waals surface area contributed by atoms with Crippen LogP contribution in [0.5, 0.6) is 0 Å². The zero-order valence-electron chi connectivity index (χ0n) is 10.3. The summed E-state index contributed by atoms with van der Waals surface area (Å²) < 4.78 is 60.6. The summed E-state index contributed by atoms with van der Waals surface area (Å²) in [6.07, 6.45) is -5.07. The van der Waals surface area contributed by atoms with E-state index in [9.17, 15) is 21.6 Å². The molecule has 0 aliphatic rings. The molecule has 0 heterocycles. The molecule has 0 saturated heterocycles. The number of hydrogen-bond acceptors (Lipinski definition) is 3. The average Bonchev–Trinajstić information content (AvgIpc) is 2.28. The van der Waals surface area contributed by atoms with Crippen molar-refractivity contribution in [1.82, 2.24) is 4.83 Å². The third kappa shape index (κ3) is 4.23. The lowest BCUT2D eigenvalue weighted by atomic mass is 10.2. The largest absolute Gasteiger partial charge is 0.431 e. The van der Waals surface area contributed by atoms with E-state index in [4.69, 9.17) is 0 Å². The summed E-state index contributed by atoms with van der Waals surface area (Å²) in [4.78, 5) is 1.45. The van der Waals surface area contributed by atoms with Crippen molar-refractivity contribution in [2.75, 3.05) is 0 Å². The Morgan fingerprint density at radius 2 is 1.79 bits per heavy atom. The standard InChI is InChI=1S/C11H13F3N2O2S/c1-3-10(11(12,13)14)15-16-19(17,18)9-6-4-8(2)5-7-9/h4-7,16H,3H2,1-2H3/b15-10+.